The molecule has 8 aliphatic rings. The number of benzene rings is 7. The molecule has 10 heterocycles. The monoisotopic (exact) mass is 1790 g/mol. The number of carbonyl (C=O) groups excluding carboxylic acids is 12. The average Bonchev–Trinajstić information content (AvgIpc) is 1.61. The Kier molecular flexibility index (Phi) is 24.7. The molecule has 4 fully saturated rings. The Labute approximate surface area is 736 Å². The van der Waals surface area contributed by atoms with Crippen LogP contribution in [0.1, 0.15) is 91.5 Å². The second-order valence-corrected chi connectivity index (χ2v) is 29.6. The Hall–Kier alpha value is -17.7. The number of alkyl halides is 3. The van der Waals surface area contributed by atoms with Gasteiger partial charge in [0.25, 0.3) is 47.3 Å². The molecule has 4 saturated heterocycles. The van der Waals surface area contributed by atoms with E-state index in [1.807, 2.05) is 6.07 Å². The van der Waals surface area contributed by atoms with Crippen molar-refractivity contribution in [1.29, 1.82) is 5.26 Å². The van der Waals surface area contributed by atoms with Gasteiger partial charge in [-0.2, -0.15) is 10.1 Å². The Morgan fingerprint density at radius 3 is 1.18 bits per heavy atom. The summed E-state index contributed by atoms with van der Waals surface area (Å²) in [5, 5.41) is 39.6. The second-order valence-electron chi connectivity index (χ2n) is 29.6. The van der Waals surface area contributed by atoms with Crippen molar-refractivity contribution in [2.24, 2.45) is 7.05 Å². The molecule has 0 saturated carbocycles. The van der Waals surface area contributed by atoms with Gasteiger partial charge in [0.1, 0.15) is 40.6 Å². The van der Waals surface area contributed by atoms with Gasteiger partial charge in [-0.1, -0.05) is 71.6 Å². The zero-order valence-electron chi connectivity index (χ0n) is 69.1. The van der Waals surface area contributed by atoms with Gasteiger partial charge in [0.2, 0.25) is 28.0 Å². The summed E-state index contributed by atoms with van der Waals surface area (Å²) in [7, 11) is 8.86. The largest absolute Gasteiger partial charge is 0.573 e. The van der Waals surface area contributed by atoms with Crippen LogP contribution in [0.4, 0.5) is 51.2 Å². The van der Waals surface area contributed by atoms with Crippen LogP contribution in [0.2, 0.25) is 0 Å². The summed E-state index contributed by atoms with van der Waals surface area (Å²) in [6, 6.07) is 29.4. The summed E-state index contributed by atoms with van der Waals surface area (Å²) in [5.74, 6) is 16.1. The number of aromatic nitrogens is 5. The SMILES string of the molecule is COc1ccc2c(c1)C(=O)N(C[C@@]1(C#Cc3cc(F)c(F)cc3OC)NC(=O)NC1=O)C2.COc1ccc2c(c1)C(=O)N(C[C@@]1(C#Cc3ccc(F)cc3C#N)NC(=O)NC1=O)C2.COc1ccc2c(c1)C(=O)N(C[C@@]1(C#Cc3ccc(N)c(OC(F)(F)F)c3)NC(=O)NC1=O)C2.COc1ccc2c(c1)C(=O)N(C[C@@]1(C#Cc3cncc(-c4nnn(C)n4)c3)NC(=O)NC1=O)C2. The summed E-state index contributed by atoms with van der Waals surface area (Å²) in [6.07, 6.45) is -1.89. The van der Waals surface area contributed by atoms with Crippen LogP contribution in [0.15, 0.2) is 140 Å². The van der Waals surface area contributed by atoms with E-state index in [9.17, 15) is 89.1 Å². The van der Waals surface area contributed by atoms with Gasteiger partial charge in [0.15, 0.2) is 17.4 Å². The van der Waals surface area contributed by atoms with Crippen molar-refractivity contribution in [2.45, 2.75) is 54.7 Å². The first-order chi connectivity index (χ1) is 62.5. The Balaban J connectivity index is 0.000000141. The molecule has 7 aromatic carbocycles. The minimum Gasteiger partial charge on any atom is -0.497 e. The van der Waals surface area contributed by atoms with Crippen LogP contribution in [-0.4, -0.2) is 206 Å². The van der Waals surface area contributed by atoms with Crippen molar-refractivity contribution in [2.75, 3.05) is 67.5 Å². The number of urea groups is 4. The maximum absolute atomic E-state index is 13.7. The summed E-state index contributed by atoms with van der Waals surface area (Å²) < 4.78 is 108. The number of tetrazole rings is 1. The summed E-state index contributed by atoms with van der Waals surface area (Å²) >= 11 is 0. The second kappa shape index (κ2) is 36.1. The molecule has 10 N–H and O–H groups in total. The lowest BCUT2D eigenvalue weighted by Gasteiger charge is -2.26. The van der Waals surface area contributed by atoms with Gasteiger partial charge >= 0.3 is 30.5 Å². The van der Waals surface area contributed by atoms with Gasteiger partial charge < -0.3 is 75.0 Å². The summed E-state index contributed by atoms with van der Waals surface area (Å²) in [5.41, 5.74) is 4.26. The molecule has 131 heavy (non-hydrogen) atoms. The van der Waals surface area contributed by atoms with Gasteiger partial charge in [0.05, 0.1) is 85.6 Å². The average molecular weight is 1790 g/mol. The number of nitrogen functional groups attached to an aromatic ring is 1. The standard InChI is InChI=1S/C22H17F3N4O5.C22H17F2N3O5.C22H15FN4O4.C22H18N8O4/c1-33-14-4-3-13-10-29(18(30)15(13)9-14)11-21(19(31)27-20(32)28-21)7-6-12-2-5-16(26)17(8-12)34-22(23,24)25;1-31-14-4-3-13-10-27(19(28)15(13)8-14)11-22(20(29)25-21(30)26-22)6-5-12-7-16(23)17(24)9-18(12)32-2;1-31-17-5-3-14-11-27(19(28)18(14)9-17)12-22(20(29)25-21(30)26-22)7-6-13-2-4-16(23)8-15(13)10-24;1-29-27-18(26-28-29)15-7-13(9-23-10-15)5-6-22(20(32)24-21(33)25-22)12-30-11-14-3-4-16(34-2)8-17(14)19(30)31/h2-5,8-9H,10-11,26H2,1H3,(H2,27,28,31,32);3-4,7-9H,10-11H2,1-2H3,(H2,25,26,29,30);2-5,8-9H,11-12H2,1H3,(H2,25,26,29,30);3-4,7-10H,11-12H2,1-2H3,(H2,24,25,32,33)/t21-;3*22-/m1111/s1. The molecular weight excluding hydrogens is 1730 g/mol. The van der Waals surface area contributed by atoms with Crippen LogP contribution in [0.3, 0.4) is 0 Å². The lowest BCUT2D eigenvalue weighted by molar-refractivity contribution is -0.274. The highest BCUT2D eigenvalue weighted by atomic mass is 19.4. The van der Waals surface area contributed by atoms with E-state index in [1.54, 1.807) is 92.1 Å². The van der Waals surface area contributed by atoms with Crippen LogP contribution in [0, 0.1) is 76.1 Å². The van der Waals surface area contributed by atoms with Crippen LogP contribution >= 0.6 is 0 Å². The third-order valence-electron chi connectivity index (χ3n) is 21.0. The highest BCUT2D eigenvalue weighted by Gasteiger charge is 2.53. The van der Waals surface area contributed by atoms with Gasteiger partial charge in [0, 0.05) is 89.1 Å². The number of imide groups is 4. The fraction of sp³-hybridized carbons (Fsp3) is 0.216. The van der Waals surface area contributed by atoms with Gasteiger partial charge in [-0.3, -0.25) is 64.6 Å². The molecule has 0 bridgehead atoms. The van der Waals surface area contributed by atoms with E-state index in [-0.39, 0.29) is 104 Å². The predicted molar refractivity (Wildman–Crippen MR) is 440 cm³/mol. The topological polar surface area (TPSA) is 476 Å². The molecule has 16 amide bonds. The number of nitrogens with zero attached hydrogens (tertiary/aromatic N) is 10. The lowest BCUT2D eigenvalue weighted by atomic mass is 9.98. The molecule has 8 aliphatic heterocycles. The zero-order chi connectivity index (χ0) is 93.8. The predicted octanol–water partition coefficient (Wildman–Crippen LogP) is 4.49. The number of nitrogens with one attached hydrogen (secondary N) is 8. The van der Waals surface area contributed by atoms with Crippen LogP contribution in [0.5, 0.6) is 34.5 Å². The Morgan fingerprint density at radius 2 is 0.824 bits per heavy atom. The Morgan fingerprint density at radius 1 is 0.435 bits per heavy atom. The van der Waals surface area contributed by atoms with Crippen molar-refractivity contribution in [3.8, 4) is 99.3 Å². The van der Waals surface area contributed by atoms with Gasteiger partial charge in [-0.15, -0.1) is 23.4 Å². The first-order valence-corrected chi connectivity index (χ1v) is 38.6. The third-order valence-corrected chi connectivity index (χ3v) is 21.0. The molecule has 37 nitrogen and oxygen atoms in total. The first-order valence-electron chi connectivity index (χ1n) is 38.6. The number of hydrogen-bond donors (Lipinski definition) is 9. The van der Waals surface area contributed by atoms with Crippen molar-refractivity contribution in [3.05, 3.63) is 230 Å². The van der Waals surface area contributed by atoms with Crippen molar-refractivity contribution in [1.82, 2.24) is 87.3 Å². The molecular formula is C88H67F6N19O18. The molecule has 0 spiro atoms. The number of carbonyl (C=O) groups is 12. The number of rotatable bonds is 15. The smallest absolute Gasteiger partial charge is 0.497 e. The zero-order valence-corrected chi connectivity index (χ0v) is 69.1. The van der Waals surface area contributed by atoms with Gasteiger partial charge in [-0.25, -0.2) is 32.3 Å². The number of nitrogens with two attached hydrogens (primary N) is 1. The number of fused-ring (bicyclic) bond motifs is 4. The normalized spacial score (nSPS) is 19.0. The minimum absolute atomic E-state index is 0.0101. The lowest BCUT2D eigenvalue weighted by Crippen LogP contribution is -2.54. The number of hydrogen-bond acceptors (Lipinski definition) is 24. The highest BCUT2D eigenvalue weighted by Crippen LogP contribution is 2.36. The first kappa shape index (κ1) is 89.6. The van der Waals surface area contributed by atoms with E-state index >= 15 is 0 Å². The number of halogens is 6. The molecule has 0 unspecified atom stereocenters. The molecule has 4 atom stereocenters. The fourth-order valence-electron chi connectivity index (χ4n) is 14.5. The summed E-state index contributed by atoms with van der Waals surface area (Å²) in [6.45, 7) is -0.0450. The maximum Gasteiger partial charge on any atom is 0.573 e. The van der Waals surface area contributed by atoms with E-state index in [2.05, 4.69) is 115 Å². The number of aryl methyl sites for hydroxylation is 1. The summed E-state index contributed by atoms with van der Waals surface area (Å²) in [4.78, 5) is 161. The quantitative estimate of drug-likeness (QED) is 0.0295. The molecule has 9 aromatic rings. The number of ether oxygens (including phenoxy) is 6. The highest BCUT2D eigenvalue weighted by molar-refractivity contribution is 6.13. The van der Waals surface area contributed by atoms with Crippen molar-refractivity contribution in [3.63, 3.8) is 0 Å². The van der Waals surface area contributed by atoms with E-state index in [1.165, 1.54) is 84.3 Å². The van der Waals surface area contributed by atoms with Gasteiger partial charge in [-0.05, 0) is 125 Å². The number of methoxy groups -OCH3 is 5. The molecule has 2 aromatic heterocycles. The fourth-order valence-corrected chi connectivity index (χ4v) is 14.5. The third kappa shape index (κ3) is 19.0. The molecule has 0 aliphatic carbocycles. The van der Waals surface area contributed by atoms with Crippen LogP contribution < -0.4 is 76.7 Å². The van der Waals surface area contributed by atoms with E-state index in [4.69, 9.17) is 29.4 Å². The Bertz CT molecular complexity index is 6720. The van der Waals surface area contributed by atoms with E-state index in [0.717, 1.165) is 47.0 Å². The molecule has 664 valence electrons. The number of nitriles is 1. The molecule has 43 heteroatoms. The maximum atomic E-state index is 13.7. The van der Waals surface area contributed by atoms with E-state index in [0.29, 0.717) is 67.8 Å². The van der Waals surface area contributed by atoms with E-state index < -0.39 is 105 Å². The number of anilines is 1. The number of amides is 16. The molecule has 0 radical (unpaired) electrons. The van der Waals surface area contributed by atoms with Crippen molar-refractivity contribution >= 4 is 77.1 Å². The minimum atomic E-state index is -4.96. The molecule has 17 rings (SSSR count). The van der Waals surface area contributed by atoms with Crippen LogP contribution in [0.25, 0.3) is 11.4 Å². The number of pyridine rings is 1. The van der Waals surface area contributed by atoms with Crippen LogP contribution in [-0.2, 0) is 52.4 Å². The van der Waals surface area contributed by atoms with Crippen molar-refractivity contribution < 1.29 is 112 Å².